The van der Waals surface area contributed by atoms with Gasteiger partial charge in [-0.1, -0.05) is 25.7 Å². The number of hydrogen-bond donors (Lipinski definition) is 0. The molecule has 3 fully saturated rings. The lowest BCUT2D eigenvalue weighted by atomic mass is 9.94. The molecule has 0 aromatic heterocycles. The van der Waals surface area contributed by atoms with Crippen LogP contribution in [0.5, 0.6) is 0 Å². The first kappa shape index (κ1) is 16.7. The summed E-state index contributed by atoms with van der Waals surface area (Å²) in [6.45, 7) is 3.18. The van der Waals surface area contributed by atoms with Crippen molar-refractivity contribution in [2.45, 2.75) is 88.6 Å². The first-order valence-corrected chi connectivity index (χ1v) is 9.40. The third kappa shape index (κ3) is 4.92. The zero-order valence-corrected chi connectivity index (χ0v) is 13.8. The van der Waals surface area contributed by atoms with Gasteiger partial charge in [0, 0.05) is 26.4 Å². The Kier molecular flexibility index (Phi) is 6.99. The smallest absolute Gasteiger partial charge is 0.0836 e. The zero-order valence-electron chi connectivity index (χ0n) is 13.8. The summed E-state index contributed by atoms with van der Waals surface area (Å²) in [4.78, 5) is 0. The molecule has 2 aliphatic carbocycles. The molecule has 2 saturated carbocycles. The molecule has 22 heavy (non-hydrogen) atoms. The van der Waals surface area contributed by atoms with Gasteiger partial charge in [-0.25, -0.2) is 0 Å². The van der Waals surface area contributed by atoms with Gasteiger partial charge in [0.1, 0.15) is 0 Å². The predicted molar refractivity (Wildman–Crippen MR) is 85.1 cm³/mol. The fraction of sp³-hybridized carbons (Fsp3) is 1.00. The van der Waals surface area contributed by atoms with Gasteiger partial charge in [-0.05, 0) is 38.5 Å². The van der Waals surface area contributed by atoms with Crippen LogP contribution < -0.4 is 0 Å². The Morgan fingerprint density at radius 1 is 0.364 bits per heavy atom. The standard InChI is InChI=1S/C18H32O4/c1-2-8-16-15(7-1)19-11-5-13-21-17-9-3-4-10-18(17)22-14-6-12-20-16/h15-18H,1-14H2/t15-,16-,17-,18+/m1/s1. The van der Waals surface area contributed by atoms with Crippen LogP contribution in [0.4, 0.5) is 0 Å². The largest absolute Gasteiger partial charge is 0.375 e. The van der Waals surface area contributed by atoms with E-state index in [2.05, 4.69) is 0 Å². The van der Waals surface area contributed by atoms with E-state index < -0.39 is 0 Å². The summed E-state index contributed by atoms with van der Waals surface area (Å²) in [6, 6.07) is 0. The molecule has 0 spiro atoms. The van der Waals surface area contributed by atoms with Gasteiger partial charge in [0.05, 0.1) is 24.4 Å². The molecule has 0 unspecified atom stereocenters. The minimum atomic E-state index is 0.292. The van der Waals surface area contributed by atoms with Crippen molar-refractivity contribution < 1.29 is 18.9 Å². The van der Waals surface area contributed by atoms with Crippen LogP contribution >= 0.6 is 0 Å². The van der Waals surface area contributed by atoms with Crippen LogP contribution in [0.15, 0.2) is 0 Å². The monoisotopic (exact) mass is 312 g/mol. The van der Waals surface area contributed by atoms with E-state index in [1.54, 1.807) is 0 Å². The maximum absolute atomic E-state index is 6.09. The first-order chi connectivity index (χ1) is 10.9. The minimum absolute atomic E-state index is 0.292. The van der Waals surface area contributed by atoms with Crippen molar-refractivity contribution in [3.8, 4) is 0 Å². The second-order valence-electron chi connectivity index (χ2n) is 6.91. The summed E-state index contributed by atoms with van der Waals surface area (Å²) in [5.74, 6) is 0. The molecular weight excluding hydrogens is 280 g/mol. The molecule has 1 aliphatic heterocycles. The van der Waals surface area contributed by atoms with Gasteiger partial charge in [0.25, 0.3) is 0 Å². The van der Waals surface area contributed by atoms with Gasteiger partial charge in [-0.2, -0.15) is 0 Å². The molecule has 0 radical (unpaired) electrons. The van der Waals surface area contributed by atoms with Crippen LogP contribution in [0.1, 0.15) is 64.2 Å². The molecule has 0 bridgehead atoms. The average molecular weight is 312 g/mol. The molecule has 4 heteroatoms. The molecule has 4 nitrogen and oxygen atoms in total. The van der Waals surface area contributed by atoms with E-state index in [1.807, 2.05) is 0 Å². The van der Waals surface area contributed by atoms with E-state index in [-0.39, 0.29) is 0 Å². The summed E-state index contributed by atoms with van der Waals surface area (Å²) in [6.07, 6.45) is 12.8. The SMILES string of the molecule is C1CO[C@H]2CCCC[C@H]2OCCCO[C@@H]2CCCC[C@H]2OC1. The predicted octanol–water partition coefficient (Wildman–Crippen LogP) is 3.47. The van der Waals surface area contributed by atoms with E-state index in [4.69, 9.17) is 18.9 Å². The molecule has 0 N–H and O–H groups in total. The molecule has 3 rings (SSSR count). The van der Waals surface area contributed by atoms with Gasteiger partial charge in [-0.3, -0.25) is 0 Å². The highest BCUT2D eigenvalue weighted by atomic mass is 16.6. The maximum atomic E-state index is 6.09. The molecule has 128 valence electrons. The fourth-order valence-electron chi connectivity index (χ4n) is 3.94. The Labute approximate surface area is 134 Å². The highest BCUT2D eigenvalue weighted by Gasteiger charge is 2.28. The molecule has 0 amide bonds. The van der Waals surface area contributed by atoms with Gasteiger partial charge in [0.15, 0.2) is 0 Å². The van der Waals surface area contributed by atoms with Crippen molar-refractivity contribution >= 4 is 0 Å². The number of rotatable bonds is 0. The van der Waals surface area contributed by atoms with Crippen molar-refractivity contribution in [1.29, 1.82) is 0 Å². The lowest BCUT2D eigenvalue weighted by Gasteiger charge is -2.33. The molecule has 1 heterocycles. The third-order valence-electron chi connectivity index (χ3n) is 5.19. The number of fused-ring (bicyclic) bond motifs is 2. The van der Waals surface area contributed by atoms with Gasteiger partial charge < -0.3 is 18.9 Å². The topological polar surface area (TPSA) is 36.9 Å². The fourth-order valence-corrected chi connectivity index (χ4v) is 3.94. The summed E-state index contributed by atoms with van der Waals surface area (Å²) in [5.41, 5.74) is 0. The van der Waals surface area contributed by atoms with Crippen molar-refractivity contribution in [2.24, 2.45) is 0 Å². The minimum Gasteiger partial charge on any atom is -0.375 e. The Hall–Kier alpha value is -0.160. The molecule has 0 aromatic carbocycles. The lowest BCUT2D eigenvalue weighted by molar-refractivity contribution is -0.123. The van der Waals surface area contributed by atoms with Gasteiger partial charge >= 0.3 is 0 Å². The highest BCUT2D eigenvalue weighted by Crippen LogP contribution is 2.26. The Morgan fingerprint density at radius 2 is 0.636 bits per heavy atom. The second-order valence-corrected chi connectivity index (χ2v) is 6.91. The molecule has 4 atom stereocenters. The van der Waals surface area contributed by atoms with Gasteiger partial charge in [0.2, 0.25) is 0 Å². The van der Waals surface area contributed by atoms with Crippen molar-refractivity contribution in [1.82, 2.24) is 0 Å². The van der Waals surface area contributed by atoms with E-state index >= 15 is 0 Å². The van der Waals surface area contributed by atoms with Crippen LogP contribution in [0.25, 0.3) is 0 Å². The summed E-state index contributed by atoms with van der Waals surface area (Å²) in [5, 5.41) is 0. The van der Waals surface area contributed by atoms with Crippen LogP contribution in [0.2, 0.25) is 0 Å². The zero-order chi connectivity index (χ0) is 15.0. The van der Waals surface area contributed by atoms with Crippen LogP contribution in [0.3, 0.4) is 0 Å². The third-order valence-corrected chi connectivity index (χ3v) is 5.19. The summed E-state index contributed by atoms with van der Waals surface area (Å²) >= 11 is 0. The molecular formula is C18H32O4. The highest BCUT2D eigenvalue weighted by molar-refractivity contribution is 4.78. The van der Waals surface area contributed by atoms with E-state index in [0.29, 0.717) is 24.4 Å². The normalized spacial score (nSPS) is 39.3. The maximum Gasteiger partial charge on any atom is 0.0836 e. The summed E-state index contributed by atoms with van der Waals surface area (Å²) < 4.78 is 24.4. The van der Waals surface area contributed by atoms with Gasteiger partial charge in [-0.15, -0.1) is 0 Å². The van der Waals surface area contributed by atoms with E-state index in [0.717, 1.165) is 65.0 Å². The number of hydrogen-bond acceptors (Lipinski definition) is 4. The molecule has 1 saturated heterocycles. The molecule has 0 aromatic rings. The van der Waals surface area contributed by atoms with Crippen LogP contribution in [-0.2, 0) is 18.9 Å². The Balaban J connectivity index is 1.50. The number of ether oxygens (including phenoxy) is 4. The average Bonchev–Trinajstić information content (AvgIpc) is 2.56. The van der Waals surface area contributed by atoms with E-state index in [1.165, 1.54) is 25.7 Å². The van der Waals surface area contributed by atoms with E-state index in [9.17, 15) is 0 Å². The quantitative estimate of drug-likeness (QED) is 0.686. The summed E-state index contributed by atoms with van der Waals surface area (Å²) in [7, 11) is 0. The Bertz CT molecular complexity index is 251. The van der Waals surface area contributed by atoms with Crippen molar-refractivity contribution in [3.05, 3.63) is 0 Å². The van der Waals surface area contributed by atoms with Crippen molar-refractivity contribution in [3.63, 3.8) is 0 Å². The molecule has 3 aliphatic rings. The van der Waals surface area contributed by atoms with Crippen LogP contribution in [-0.4, -0.2) is 50.8 Å². The lowest BCUT2D eigenvalue weighted by Crippen LogP contribution is -2.37. The first-order valence-electron chi connectivity index (χ1n) is 9.40. The second kappa shape index (κ2) is 9.21. The Morgan fingerprint density at radius 3 is 0.909 bits per heavy atom. The van der Waals surface area contributed by atoms with Crippen molar-refractivity contribution in [2.75, 3.05) is 26.4 Å². The van der Waals surface area contributed by atoms with Crippen LogP contribution in [0, 0.1) is 0 Å².